The van der Waals surface area contributed by atoms with Crippen LogP contribution in [-0.4, -0.2) is 32.3 Å². The van der Waals surface area contributed by atoms with Crippen molar-refractivity contribution in [3.8, 4) is 11.5 Å². The molecule has 1 aromatic heterocycles. The van der Waals surface area contributed by atoms with Crippen molar-refractivity contribution in [2.24, 2.45) is 5.92 Å². The zero-order chi connectivity index (χ0) is 22.4. The number of carboxylic acids is 1. The van der Waals surface area contributed by atoms with Crippen molar-refractivity contribution in [2.45, 2.75) is 51.9 Å². The quantitative estimate of drug-likeness (QED) is 0.400. The fraction of sp³-hybridized carbons (Fsp3) is 0.429. The van der Waals surface area contributed by atoms with Crippen LogP contribution in [0.25, 0.3) is 0 Å². The van der Waals surface area contributed by atoms with Crippen molar-refractivity contribution in [1.82, 2.24) is 10.1 Å². The van der Waals surface area contributed by atoms with Gasteiger partial charge in [0.2, 0.25) is 0 Å². The molecule has 1 fully saturated rings. The molecule has 0 spiro atoms. The highest BCUT2D eigenvalue weighted by Gasteiger charge is 2.39. The van der Waals surface area contributed by atoms with E-state index in [2.05, 4.69) is 10.1 Å². The van der Waals surface area contributed by atoms with E-state index in [1.807, 2.05) is 0 Å². The van der Waals surface area contributed by atoms with Crippen LogP contribution in [0.15, 0.2) is 36.5 Å². The number of nitrogens with zero attached hydrogens (tertiary/aromatic N) is 1. The Bertz CT molecular complexity index is 948. The van der Waals surface area contributed by atoms with Crippen LogP contribution in [0.4, 0.5) is 0 Å². The fourth-order valence-electron chi connectivity index (χ4n) is 3.67. The lowest BCUT2D eigenvalue weighted by molar-refractivity contribution is -0.140. The second kappa shape index (κ2) is 10.2. The van der Waals surface area contributed by atoms with Gasteiger partial charge in [-0.05, 0) is 37.8 Å². The van der Waals surface area contributed by atoms with Gasteiger partial charge in [-0.25, -0.2) is 4.57 Å². The van der Waals surface area contributed by atoms with Gasteiger partial charge in [0.15, 0.2) is 0 Å². The highest BCUT2D eigenvalue weighted by molar-refractivity contribution is 7.52. The Hall–Kier alpha value is -2.45. The molecule has 2 unspecified atom stereocenters. The van der Waals surface area contributed by atoms with Gasteiger partial charge in [0.25, 0.3) is 0 Å². The summed E-state index contributed by atoms with van der Waals surface area (Å²) >= 11 is 0. The van der Waals surface area contributed by atoms with Crippen LogP contribution in [0.3, 0.4) is 0 Å². The van der Waals surface area contributed by atoms with E-state index in [0.717, 1.165) is 12.8 Å². The molecule has 9 nitrogen and oxygen atoms in total. The Morgan fingerprint density at radius 3 is 2.58 bits per heavy atom. The van der Waals surface area contributed by atoms with Gasteiger partial charge in [-0.3, -0.25) is 14.3 Å². The van der Waals surface area contributed by atoms with Crippen molar-refractivity contribution in [3.63, 3.8) is 0 Å². The van der Waals surface area contributed by atoms with E-state index in [4.69, 9.17) is 9.05 Å². The maximum atomic E-state index is 13.6. The number of aliphatic carboxylic acids is 1. The highest BCUT2D eigenvalue weighted by atomic mass is 31.2. The summed E-state index contributed by atoms with van der Waals surface area (Å²) in [4.78, 5) is 15.9. The first-order valence-corrected chi connectivity index (χ1v) is 11.6. The first-order chi connectivity index (χ1) is 14.8. The van der Waals surface area contributed by atoms with E-state index in [0.29, 0.717) is 24.1 Å². The second-order valence-electron chi connectivity index (χ2n) is 7.52. The molecule has 1 aliphatic rings. The average Bonchev–Trinajstić information content (AvgIpc) is 3.28. The van der Waals surface area contributed by atoms with Crippen LogP contribution >= 0.6 is 7.75 Å². The number of aromatic nitrogens is 1. The van der Waals surface area contributed by atoms with Gasteiger partial charge < -0.3 is 19.8 Å². The number of rotatable bonds is 10. The minimum Gasteiger partial charge on any atom is -0.506 e. The monoisotopic (exact) mass is 450 g/mol. The molecule has 0 amide bonds. The number of aryl methyl sites for hydroxylation is 1. The molecule has 168 valence electrons. The number of nitrogens with one attached hydrogen (secondary N) is 1. The fourth-order valence-corrected chi connectivity index (χ4v) is 5.22. The van der Waals surface area contributed by atoms with Gasteiger partial charge in [-0.1, -0.05) is 31.0 Å². The molecule has 10 heteroatoms. The van der Waals surface area contributed by atoms with E-state index < -0.39 is 26.4 Å². The molecule has 0 aliphatic heterocycles. The van der Waals surface area contributed by atoms with Crippen molar-refractivity contribution in [3.05, 3.63) is 53.3 Å². The molecule has 3 rings (SSSR count). The molecular weight excluding hydrogens is 423 g/mol. The van der Waals surface area contributed by atoms with E-state index in [1.54, 1.807) is 37.3 Å². The summed E-state index contributed by atoms with van der Waals surface area (Å²) in [7, 11) is -4.15. The lowest BCUT2D eigenvalue weighted by atomic mass is 9.99. The van der Waals surface area contributed by atoms with E-state index in [-0.39, 0.29) is 29.6 Å². The minimum absolute atomic E-state index is 0.176. The molecular formula is C21H27N2O7P. The SMILES string of the molecule is Cc1ncc(COP(=O)(NC(C(=O)O)C2CCCC2)Oc2ccccc2)c(CO)c1O. The number of para-hydroxylation sites is 1. The number of carboxylic acid groups (broad SMARTS) is 1. The number of hydrogen-bond donors (Lipinski definition) is 4. The number of hydrogen-bond acceptors (Lipinski definition) is 7. The van der Waals surface area contributed by atoms with Crippen LogP contribution in [0.2, 0.25) is 0 Å². The highest BCUT2D eigenvalue weighted by Crippen LogP contribution is 2.47. The molecule has 1 aliphatic carbocycles. The summed E-state index contributed by atoms with van der Waals surface area (Å²) in [6.45, 7) is 0.805. The normalized spacial score (nSPS) is 17.2. The topological polar surface area (TPSA) is 138 Å². The molecule has 2 atom stereocenters. The molecule has 4 N–H and O–H groups in total. The van der Waals surface area contributed by atoms with Gasteiger partial charge >= 0.3 is 13.7 Å². The third-order valence-corrected chi connectivity index (χ3v) is 6.90. The Balaban J connectivity index is 1.86. The zero-order valence-corrected chi connectivity index (χ0v) is 18.1. The number of benzene rings is 1. The summed E-state index contributed by atoms with van der Waals surface area (Å²) in [5, 5.41) is 32.1. The lowest BCUT2D eigenvalue weighted by Gasteiger charge is -2.26. The molecule has 0 bridgehead atoms. The van der Waals surface area contributed by atoms with Crippen molar-refractivity contribution < 1.29 is 33.7 Å². The van der Waals surface area contributed by atoms with E-state index in [1.165, 1.54) is 6.20 Å². The number of aromatic hydroxyl groups is 1. The Labute approximate surface area is 180 Å². The average molecular weight is 450 g/mol. The van der Waals surface area contributed by atoms with Crippen LogP contribution in [-0.2, 0) is 27.1 Å². The third-order valence-electron chi connectivity index (χ3n) is 5.38. The van der Waals surface area contributed by atoms with Gasteiger partial charge in [0.1, 0.15) is 17.5 Å². The molecule has 31 heavy (non-hydrogen) atoms. The first-order valence-electron chi connectivity index (χ1n) is 10.1. The van der Waals surface area contributed by atoms with Gasteiger partial charge in [0, 0.05) is 17.3 Å². The first kappa shape index (κ1) is 23.2. The van der Waals surface area contributed by atoms with Gasteiger partial charge in [-0.15, -0.1) is 0 Å². The van der Waals surface area contributed by atoms with Crippen molar-refractivity contribution in [2.75, 3.05) is 0 Å². The smallest absolute Gasteiger partial charge is 0.459 e. The van der Waals surface area contributed by atoms with E-state index >= 15 is 0 Å². The maximum Gasteiger partial charge on any atom is 0.459 e. The van der Waals surface area contributed by atoms with Crippen molar-refractivity contribution >= 4 is 13.7 Å². The maximum absolute atomic E-state index is 13.6. The third kappa shape index (κ3) is 5.83. The molecule has 1 aromatic carbocycles. The number of aliphatic hydroxyl groups is 1. The van der Waals surface area contributed by atoms with Gasteiger partial charge in [0.05, 0.1) is 18.9 Å². The molecule has 1 saturated carbocycles. The summed E-state index contributed by atoms with van der Waals surface area (Å²) in [5.74, 6) is -1.24. The van der Waals surface area contributed by atoms with Crippen molar-refractivity contribution in [1.29, 1.82) is 0 Å². The number of aliphatic hydroxyl groups excluding tert-OH is 1. The summed E-state index contributed by atoms with van der Waals surface area (Å²) in [6.07, 6.45) is 4.64. The minimum atomic E-state index is -4.15. The predicted molar refractivity (Wildman–Crippen MR) is 113 cm³/mol. The molecule has 1 heterocycles. The van der Waals surface area contributed by atoms with Crippen LogP contribution in [0.5, 0.6) is 11.5 Å². The molecule has 0 saturated heterocycles. The summed E-state index contributed by atoms with van der Waals surface area (Å²) in [6, 6.07) is 7.22. The van der Waals surface area contributed by atoms with Gasteiger partial charge in [-0.2, -0.15) is 5.09 Å². The second-order valence-corrected chi connectivity index (χ2v) is 9.21. The number of pyridine rings is 1. The van der Waals surface area contributed by atoms with Crippen LogP contribution in [0.1, 0.15) is 42.5 Å². The summed E-state index contributed by atoms with van der Waals surface area (Å²) < 4.78 is 24.8. The summed E-state index contributed by atoms with van der Waals surface area (Å²) in [5.41, 5.74) is 0.850. The predicted octanol–water partition coefficient (Wildman–Crippen LogP) is 3.52. The lowest BCUT2D eigenvalue weighted by Crippen LogP contribution is -2.41. The van der Waals surface area contributed by atoms with Crippen LogP contribution in [0, 0.1) is 12.8 Å². The Kier molecular flexibility index (Phi) is 7.67. The standard InChI is InChI=1S/C21H27N2O7P/c1-14-20(25)18(12-24)16(11-22-14)13-29-31(28,30-17-9-3-2-4-10-17)23-19(21(26)27)15-7-5-6-8-15/h2-4,9-11,15,19,24-25H,5-8,12-13H2,1H3,(H,23,28)(H,26,27). The molecule has 2 aromatic rings. The van der Waals surface area contributed by atoms with E-state index in [9.17, 15) is 24.7 Å². The zero-order valence-electron chi connectivity index (χ0n) is 17.2. The molecule has 0 radical (unpaired) electrons. The Morgan fingerprint density at radius 2 is 1.97 bits per heavy atom. The number of carbonyl (C=O) groups is 1. The van der Waals surface area contributed by atoms with Crippen LogP contribution < -0.4 is 9.61 Å². The Morgan fingerprint density at radius 1 is 1.29 bits per heavy atom. The largest absolute Gasteiger partial charge is 0.506 e.